The van der Waals surface area contributed by atoms with Crippen LogP contribution in [0.15, 0.2) is 24.4 Å². The van der Waals surface area contributed by atoms with Crippen molar-refractivity contribution in [2.45, 2.75) is 13.8 Å². The third kappa shape index (κ3) is 3.11. The molecule has 0 bridgehead atoms. The monoisotopic (exact) mass is 275 g/mol. The summed E-state index contributed by atoms with van der Waals surface area (Å²) in [6.07, 6.45) is 1.99. The van der Waals surface area contributed by atoms with Gasteiger partial charge in [-0.05, 0) is 31.5 Å². The average Bonchev–Trinajstić information content (AvgIpc) is 2.80. The van der Waals surface area contributed by atoms with Crippen molar-refractivity contribution < 1.29 is 9.47 Å². The van der Waals surface area contributed by atoms with E-state index in [9.17, 15) is 0 Å². The lowest BCUT2D eigenvalue weighted by Gasteiger charge is -2.13. The van der Waals surface area contributed by atoms with E-state index < -0.39 is 0 Å². The molecule has 0 amide bonds. The van der Waals surface area contributed by atoms with E-state index in [1.165, 1.54) is 5.56 Å². The molecule has 5 nitrogen and oxygen atoms in total. The summed E-state index contributed by atoms with van der Waals surface area (Å²) in [7, 11) is 3.36. The maximum absolute atomic E-state index is 5.44. The number of imidazole rings is 1. The molecule has 0 aliphatic carbocycles. The Morgan fingerprint density at radius 1 is 1.25 bits per heavy atom. The molecule has 0 radical (unpaired) electrons. The summed E-state index contributed by atoms with van der Waals surface area (Å²) in [4.78, 5) is 4.50. The summed E-state index contributed by atoms with van der Waals surface area (Å²) in [5.74, 6) is 1.62. The van der Waals surface area contributed by atoms with Crippen molar-refractivity contribution in [2.75, 3.05) is 32.7 Å². The van der Waals surface area contributed by atoms with Gasteiger partial charge in [0.25, 0.3) is 0 Å². The molecule has 1 N–H and O–H groups in total. The van der Waals surface area contributed by atoms with Crippen LogP contribution in [0.1, 0.15) is 11.3 Å². The Labute approximate surface area is 119 Å². The molecular weight excluding hydrogens is 254 g/mol. The van der Waals surface area contributed by atoms with Gasteiger partial charge in [-0.25, -0.2) is 4.98 Å². The molecule has 2 aromatic rings. The van der Waals surface area contributed by atoms with E-state index in [-0.39, 0.29) is 0 Å². The highest BCUT2D eigenvalue weighted by Crippen LogP contribution is 2.27. The number of rotatable bonds is 6. The highest BCUT2D eigenvalue weighted by molar-refractivity contribution is 5.53. The van der Waals surface area contributed by atoms with Crippen LogP contribution in [-0.4, -0.2) is 36.9 Å². The predicted octanol–water partition coefficient (Wildman–Crippen LogP) is 2.56. The van der Waals surface area contributed by atoms with Crippen molar-refractivity contribution in [3.05, 3.63) is 35.7 Å². The van der Waals surface area contributed by atoms with E-state index in [1.807, 2.05) is 29.8 Å². The Morgan fingerprint density at radius 3 is 2.75 bits per heavy atom. The second kappa shape index (κ2) is 6.43. The lowest BCUT2D eigenvalue weighted by Crippen LogP contribution is -2.12. The number of hydrogen-bond donors (Lipinski definition) is 1. The Hall–Kier alpha value is -2.01. The molecule has 0 atom stereocenters. The van der Waals surface area contributed by atoms with Crippen LogP contribution in [0, 0.1) is 13.8 Å². The summed E-state index contributed by atoms with van der Waals surface area (Å²) in [6.45, 7) is 5.38. The van der Waals surface area contributed by atoms with Gasteiger partial charge in [0.1, 0.15) is 5.75 Å². The van der Waals surface area contributed by atoms with E-state index in [0.29, 0.717) is 13.2 Å². The largest absolute Gasteiger partial charge is 0.495 e. The van der Waals surface area contributed by atoms with E-state index >= 15 is 0 Å². The average molecular weight is 275 g/mol. The second-order valence-electron chi connectivity index (χ2n) is 4.67. The van der Waals surface area contributed by atoms with Crippen molar-refractivity contribution in [1.82, 2.24) is 9.55 Å². The van der Waals surface area contributed by atoms with E-state index in [2.05, 4.69) is 23.3 Å². The summed E-state index contributed by atoms with van der Waals surface area (Å²) in [5, 5.41) is 3.28. The minimum atomic E-state index is 0.636. The maximum Gasteiger partial charge on any atom is 0.207 e. The normalized spacial score (nSPS) is 10.6. The first-order valence-corrected chi connectivity index (χ1v) is 6.59. The number of nitrogens with one attached hydrogen (secondary N) is 1. The molecule has 20 heavy (non-hydrogen) atoms. The van der Waals surface area contributed by atoms with E-state index in [4.69, 9.17) is 9.47 Å². The number of hydrogen-bond acceptors (Lipinski definition) is 4. The third-order valence-electron chi connectivity index (χ3n) is 3.01. The smallest absolute Gasteiger partial charge is 0.207 e. The molecule has 0 unspecified atom stereocenters. The number of aryl methyl sites for hydroxylation is 2. The van der Waals surface area contributed by atoms with Gasteiger partial charge in [0.15, 0.2) is 0 Å². The van der Waals surface area contributed by atoms with Gasteiger partial charge in [0.2, 0.25) is 5.95 Å². The molecule has 108 valence electrons. The predicted molar refractivity (Wildman–Crippen MR) is 80.0 cm³/mol. The maximum atomic E-state index is 5.44. The number of nitrogens with zero attached hydrogens (tertiary/aromatic N) is 2. The molecule has 0 saturated carbocycles. The molecular formula is C15H21N3O2. The number of aromatic nitrogens is 2. The molecule has 0 aliphatic heterocycles. The fourth-order valence-corrected chi connectivity index (χ4v) is 2.06. The highest BCUT2D eigenvalue weighted by Gasteiger charge is 2.11. The van der Waals surface area contributed by atoms with Crippen molar-refractivity contribution in [3.63, 3.8) is 0 Å². The Balaban J connectivity index is 2.38. The lowest BCUT2D eigenvalue weighted by molar-refractivity contribution is 0.210. The number of ether oxygens (including phenoxy) is 2. The first-order chi connectivity index (χ1) is 9.65. The van der Waals surface area contributed by atoms with Crippen LogP contribution < -0.4 is 10.1 Å². The van der Waals surface area contributed by atoms with Gasteiger partial charge < -0.3 is 14.8 Å². The van der Waals surface area contributed by atoms with Crippen LogP contribution in [0.4, 0.5) is 5.95 Å². The fraction of sp³-hybridized carbons (Fsp3) is 0.400. The molecule has 1 heterocycles. The summed E-state index contributed by atoms with van der Waals surface area (Å²) >= 11 is 0. The zero-order valence-electron chi connectivity index (χ0n) is 12.4. The van der Waals surface area contributed by atoms with Gasteiger partial charge in [-0.3, -0.25) is 4.57 Å². The minimum Gasteiger partial charge on any atom is -0.495 e. The van der Waals surface area contributed by atoms with Crippen molar-refractivity contribution in [1.29, 1.82) is 0 Å². The SMILES string of the molecule is COCCNc1nc(C)cn1-c1cc(C)ccc1OC. The van der Waals surface area contributed by atoms with Gasteiger partial charge in [-0.2, -0.15) is 0 Å². The van der Waals surface area contributed by atoms with Crippen molar-refractivity contribution in [2.24, 2.45) is 0 Å². The zero-order chi connectivity index (χ0) is 14.5. The zero-order valence-corrected chi connectivity index (χ0v) is 12.4. The van der Waals surface area contributed by atoms with E-state index in [0.717, 1.165) is 23.1 Å². The molecule has 1 aromatic heterocycles. The highest BCUT2D eigenvalue weighted by atomic mass is 16.5. The molecule has 0 spiro atoms. The van der Waals surface area contributed by atoms with Crippen LogP contribution >= 0.6 is 0 Å². The van der Waals surface area contributed by atoms with Gasteiger partial charge >= 0.3 is 0 Å². The summed E-state index contributed by atoms with van der Waals surface area (Å²) < 4.78 is 12.5. The first-order valence-electron chi connectivity index (χ1n) is 6.59. The molecule has 0 fully saturated rings. The van der Waals surface area contributed by atoms with Gasteiger partial charge in [0.05, 0.1) is 25.1 Å². The second-order valence-corrected chi connectivity index (χ2v) is 4.67. The standard InChI is InChI=1S/C15H21N3O2/c1-11-5-6-14(20-4)13(9-11)18-10-12(2)17-15(18)16-7-8-19-3/h5-6,9-10H,7-8H2,1-4H3,(H,16,17). The lowest BCUT2D eigenvalue weighted by atomic mass is 10.2. The third-order valence-corrected chi connectivity index (χ3v) is 3.01. The van der Waals surface area contributed by atoms with Crippen molar-refractivity contribution in [3.8, 4) is 11.4 Å². The number of methoxy groups -OCH3 is 2. The van der Waals surface area contributed by atoms with Crippen molar-refractivity contribution >= 4 is 5.95 Å². The van der Waals surface area contributed by atoms with Gasteiger partial charge in [0, 0.05) is 19.9 Å². The van der Waals surface area contributed by atoms with Crippen LogP contribution in [0.2, 0.25) is 0 Å². The van der Waals surface area contributed by atoms with Crippen LogP contribution in [-0.2, 0) is 4.74 Å². The Morgan fingerprint density at radius 2 is 2.05 bits per heavy atom. The fourth-order valence-electron chi connectivity index (χ4n) is 2.06. The van der Waals surface area contributed by atoms with Crippen LogP contribution in [0.3, 0.4) is 0 Å². The quantitative estimate of drug-likeness (QED) is 0.823. The minimum absolute atomic E-state index is 0.636. The summed E-state index contributed by atoms with van der Waals surface area (Å²) in [5.41, 5.74) is 3.11. The van der Waals surface area contributed by atoms with E-state index in [1.54, 1.807) is 14.2 Å². The number of anilines is 1. The molecule has 1 aromatic carbocycles. The van der Waals surface area contributed by atoms with Crippen LogP contribution in [0.25, 0.3) is 5.69 Å². The first kappa shape index (κ1) is 14.4. The Kier molecular flexibility index (Phi) is 4.63. The Bertz CT molecular complexity index is 578. The van der Waals surface area contributed by atoms with Crippen LogP contribution in [0.5, 0.6) is 5.75 Å². The summed E-state index contributed by atoms with van der Waals surface area (Å²) in [6, 6.07) is 6.09. The van der Waals surface area contributed by atoms with Gasteiger partial charge in [-0.15, -0.1) is 0 Å². The molecule has 0 aliphatic rings. The molecule has 2 rings (SSSR count). The number of benzene rings is 1. The molecule has 0 saturated heterocycles. The molecule has 5 heteroatoms. The topological polar surface area (TPSA) is 48.3 Å². The van der Waals surface area contributed by atoms with Gasteiger partial charge in [-0.1, -0.05) is 6.07 Å².